The first-order valence-electron chi connectivity index (χ1n) is 7.97. The first-order chi connectivity index (χ1) is 9.50. The molecule has 112 valence electrons. The van der Waals surface area contributed by atoms with E-state index in [-0.39, 0.29) is 5.54 Å². The summed E-state index contributed by atoms with van der Waals surface area (Å²) in [5, 5.41) is 5.19. The summed E-state index contributed by atoms with van der Waals surface area (Å²) in [5.41, 5.74) is 1.47. The monoisotopic (exact) mass is 293 g/mol. The largest absolute Gasteiger partial charge is 0.302 e. The van der Waals surface area contributed by atoms with E-state index >= 15 is 0 Å². The van der Waals surface area contributed by atoms with E-state index in [1.54, 1.807) is 4.88 Å². The zero-order valence-corrected chi connectivity index (χ0v) is 14.0. The van der Waals surface area contributed by atoms with Crippen molar-refractivity contribution in [2.45, 2.75) is 70.5 Å². The highest BCUT2D eigenvalue weighted by Gasteiger charge is 2.45. The number of likely N-dealkylation sites (tertiary alicyclic amines) is 1. The van der Waals surface area contributed by atoms with Crippen LogP contribution in [0.15, 0.2) is 0 Å². The third-order valence-corrected chi connectivity index (χ3v) is 6.10. The van der Waals surface area contributed by atoms with E-state index in [0.717, 1.165) is 6.54 Å². The van der Waals surface area contributed by atoms with Gasteiger partial charge in [0.1, 0.15) is 5.01 Å². The molecule has 0 radical (unpaired) electrons. The first-order valence-corrected chi connectivity index (χ1v) is 8.79. The second-order valence-electron chi connectivity index (χ2n) is 6.95. The molecule has 1 fully saturated rings. The Hall–Kier alpha value is -0.450. The van der Waals surface area contributed by atoms with Crippen molar-refractivity contribution in [1.82, 2.24) is 15.2 Å². The van der Waals surface area contributed by atoms with E-state index in [1.807, 2.05) is 11.3 Å². The number of nitrogens with one attached hydrogen (secondary N) is 1. The summed E-state index contributed by atoms with van der Waals surface area (Å²) >= 11 is 1.98. The van der Waals surface area contributed by atoms with Gasteiger partial charge in [0, 0.05) is 23.5 Å². The number of aryl methyl sites for hydroxylation is 2. The molecule has 3 rings (SSSR count). The minimum absolute atomic E-state index is 0.0738. The van der Waals surface area contributed by atoms with Crippen molar-refractivity contribution in [2.24, 2.45) is 0 Å². The Morgan fingerprint density at radius 2 is 2.10 bits per heavy atom. The maximum atomic E-state index is 5.06. The Morgan fingerprint density at radius 1 is 1.35 bits per heavy atom. The van der Waals surface area contributed by atoms with Crippen LogP contribution in [-0.4, -0.2) is 35.6 Å². The number of hydrogen-bond acceptors (Lipinski definition) is 4. The summed E-state index contributed by atoms with van der Waals surface area (Å²) in [7, 11) is 2.24. The second-order valence-corrected chi connectivity index (χ2v) is 8.03. The van der Waals surface area contributed by atoms with Crippen LogP contribution in [0.4, 0.5) is 0 Å². The third-order valence-electron chi connectivity index (χ3n) is 4.74. The van der Waals surface area contributed by atoms with Crippen LogP contribution in [0.5, 0.6) is 0 Å². The molecule has 2 unspecified atom stereocenters. The van der Waals surface area contributed by atoms with Gasteiger partial charge in [-0.1, -0.05) is 0 Å². The summed E-state index contributed by atoms with van der Waals surface area (Å²) < 4.78 is 0. The lowest BCUT2D eigenvalue weighted by Crippen LogP contribution is -2.47. The Kier molecular flexibility index (Phi) is 3.91. The van der Waals surface area contributed by atoms with E-state index in [9.17, 15) is 0 Å². The van der Waals surface area contributed by atoms with E-state index in [0.29, 0.717) is 12.1 Å². The molecule has 1 aromatic rings. The van der Waals surface area contributed by atoms with Crippen molar-refractivity contribution in [3.63, 3.8) is 0 Å². The Balaban J connectivity index is 1.95. The van der Waals surface area contributed by atoms with Crippen molar-refractivity contribution in [1.29, 1.82) is 0 Å². The topological polar surface area (TPSA) is 28.2 Å². The van der Waals surface area contributed by atoms with Gasteiger partial charge < -0.3 is 10.2 Å². The molecular weight excluding hydrogens is 266 g/mol. The molecular formula is C16H27N3S. The van der Waals surface area contributed by atoms with Gasteiger partial charge in [0.15, 0.2) is 0 Å². The zero-order chi connectivity index (χ0) is 14.3. The van der Waals surface area contributed by atoms with Crippen LogP contribution in [0.1, 0.15) is 55.6 Å². The van der Waals surface area contributed by atoms with Crippen molar-refractivity contribution in [3.05, 3.63) is 15.6 Å². The highest BCUT2D eigenvalue weighted by atomic mass is 32.1. The molecule has 2 heterocycles. The Bertz CT molecular complexity index is 441. The molecule has 1 aliphatic heterocycles. The van der Waals surface area contributed by atoms with Crippen LogP contribution in [0.25, 0.3) is 0 Å². The molecule has 4 heteroatoms. The Labute approximate surface area is 126 Å². The highest BCUT2D eigenvalue weighted by molar-refractivity contribution is 7.11. The summed E-state index contributed by atoms with van der Waals surface area (Å²) in [4.78, 5) is 9.08. The fraction of sp³-hybridized carbons (Fsp3) is 0.812. The van der Waals surface area contributed by atoms with Crippen molar-refractivity contribution in [3.8, 4) is 0 Å². The summed E-state index contributed by atoms with van der Waals surface area (Å²) in [5.74, 6) is 0. The highest BCUT2D eigenvalue weighted by Crippen LogP contribution is 2.40. The number of aromatic nitrogens is 1. The predicted octanol–water partition coefficient (Wildman–Crippen LogP) is 2.94. The molecule has 1 aromatic heterocycles. The minimum atomic E-state index is 0.0738. The number of nitrogens with zero attached hydrogens (tertiary/aromatic N) is 2. The van der Waals surface area contributed by atoms with Crippen LogP contribution < -0.4 is 5.32 Å². The lowest BCUT2D eigenvalue weighted by molar-refractivity contribution is 0.285. The molecule has 1 saturated heterocycles. The summed E-state index contributed by atoms with van der Waals surface area (Å²) in [6.45, 7) is 7.91. The molecule has 0 aromatic carbocycles. The zero-order valence-electron chi connectivity index (χ0n) is 13.2. The fourth-order valence-corrected chi connectivity index (χ4v) is 5.04. The lowest BCUT2D eigenvalue weighted by Gasteiger charge is -2.30. The van der Waals surface area contributed by atoms with Crippen molar-refractivity contribution < 1.29 is 0 Å². The average Bonchev–Trinajstić information content (AvgIpc) is 2.92. The number of likely N-dealkylation sites (N-methyl/N-ethyl adjacent to an activating group) is 1. The SMILES string of the molecule is CC(C)NC1(c2nc3c(s2)CCCC3)CC(C)N(C)C1. The maximum Gasteiger partial charge on any atom is 0.115 e. The normalized spacial score (nSPS) is 30.9. The fourth-order valence-electron chi connectivity index (χ4n) is 3.74. The molecule has 1 aliphatic carbocycles. The number of rotatable bonds is 3. The predicted molar refractivity (Wildman–Crippen MR) is 85.4 cm³/mol. The summed E-state index contributed by atoms with van der Waals surface area (Å²) in [6.07, 6.45) is 6.27. The minimum Gasteiger partial charge on any atom is -0.302 e. The Morgan fingerprint density at radius 3 is 2.70 bits per heavy atom. The van der Waals surface area contributed by atoms with Crippen LogP contribution in [-0.2, 0) is 18.4 Å². The van der Waals surface area contributed by atoms with Crippen LogP contribution in [0, 0.1) is 0 Å². The van der Waals surface area contributed by atoms with Gasteiger partial charge in [-0.3, -0.25) is 0 Å². The molecule has 1 N–H and O–H groups in total. The molecule has 20 heavy (non-hydrogen) atoms. The molecule has 0 amide bonds. The molecule has 3 nitrogen and oxygen atoms in total. The van der Waals surface area contributed by atoms with Crippen LogP contribution in [0.2, 0.25) is 0 Å². The van der Waals surface area contributed by atoms with Gasteiger partial charge in [-0.05, 0) is 59.9 Å². The lowest BCUT2D eigenvalue weighted by atomic mass is 9.95. The van der Waals surface area contributed by atoms with Gasteiger partial charge in [-0.15, -0.1) is 11.3 Å². The molecule has 2 aliphatic rings. The molecule has 0 spiro atoms. The standard InChI is InChI=1S/C16H27N3S/c1-11(2)18-16(9-12(3)19(4)10-16)15-17-13-7-5-6-8-14(13)20-15/h11-12,18H,5-10H2,1-4H3. The molecule has 0 saturated carbocycles. The number of fused-ring (bicyclic) bond motifs is 1. The third kappa shape index (κ3) is 2.53. The van der Waals surface area contributed by atoms with Crippen molar-refractivity contribution in [2.75, 3.05) is 13.6 Å². The van der Waals surface area contributed by atoms with Crippen LogP contribution in [0.3, 0.4) is 0 Å². The summed E-state index contributed by atoms with van der Waals surface area (Å²) in [6, 6.07) is 1.12. The van der Waals surface area contributed by atoms with Gasteiger partial charge in [0.05, 0.1) is 11.2 Å². The van der Waals surface area contributed by atoms with Gasteiger partial charge >= 0.3 is 0 Å². The van der Waals surface area contributed by atoms with Gasteiger partial charge in [0.2, 0.25) is 0 Å². The van der Waals surface area contributed by atoms with E-state index in [2.05, 4.69) is 38.0 Å². The average molecular weight is 293 g/mol. The van der Waals surface area contributed by atoms with Crippen molar-refractivity contribution >= 4 is 11.3 Å². The maximum absolute atomic E-state index is 5.06. The van der Waals surface area contributed by atoms with E-state index in [1.165, 1.54) is 42.8 Å². The quantitative estimate of drug-likeness (QED) is 0.929. The molecule has 2 atom stereocenters. The number of hydrogen-bond donors (Lipinski definition) is 1. The molecule has 0 bridgehead atoms. The second kappa shape index (κ2) is 5.39. The smallest absolute Gasteiger partial charge is 0.115 e. The van der Waals surface area contributed by atoms with E-state index in [4.69, 9.17) is 4.98 Å². The van der Waals surface area contributed by atoms with Gasteiger partial charge in [-0.25, -0.2) is 4.98 Å². The first kappa shape index (κ1) is 14.5. The van der Waals surface area contributed by atoms with Gasteiger partial charge in [-0.2, -0.15) is 0 Å². The van der Waals surface area contributed by atoms with E-state index < -0.39 is 0 Å². The number of thiazole rings is 1. The van der Waals surface area contributed by atoms with Gasteiger partial charge in [0.25, 0.3) is 0 Å². The van der Waals surface area contributed by atoms with Crippen LogP contribution >= 0.6 is 11.3 Å².